The zero-order chi connectivity index (χ0) is 9.64. The summed E-state index contributed by atoms with van der Waals surface area (Å²) in [5.74, 6) is -2.00. The first-order valence-electron chi connectivity index (χ1n) is 4.53. The molecule has 4 heteroatoms. The molecule has 2 aliphatic carbocycles. The highest BCUT2D eigenvalue weighted by Crippen LogP contribution is 2.75. The number of carbonyl (C=O) groups excluding carboxylic acids is 1. The number of hydrogen-bond acceptors (Lipinski definition) is 3. The van der Waals surface area contributed by atoms with E-state index in [-0.39, 0.29) is 17.3 Å². The first-order chi connectivity index (χ1) is 6.13. The summed E-state index contributed by atoms with van der Waals surface area (Å²) in [6, 6.07) is 0. The van der Waals surface area contributed by atoms with Gasteiger partial charge in [-0.15, -0.1) is 0 Å². The van der Waals surface area contributed by atoms with Crippen LogP contribution in [0.4, 0.5) is 0 Å². The van der Waals surface area contributed by atoms with Gasteiger partial charge in [-0.1, -0.05) is 0 Å². The van der Waals surface area contributed by atoms with Crippen molar-refractivity contribution in [2.45, 2.75) is 19.8 Å². The molecule has 1 spiro atoms. The third-order valence-electron chi connectivity index (χ3n) is 3.10. The van der Waals surface area contributed by atoms with Gasteiger partial charge in [-0.3, -0.25) is 9.59 Å². The van der Waals surface area contributed by atoms with Crippen LogP contribution in [-0.4, -0.2) is 23.7 Å². The standard InChI is InChI=1S/C9H12O4/c1-2-13-8(12)6-5(7(10)11)9(6)3-4-9/h5-6H,2-4H2,1H3,(H,10,11). The predicted molar refractivity (Wildman–Crippen MR) is 42.9 cm³/mol. The summed E-state index contributed by atoms with van der Waals surface area (Å²) in [7, 11) is 0. The molecule has 72 valence electrons. The van der Waals surface area contributed by atoms with Crippen LogP contribution >= 0.6 is 0 Å². The zero-order valence-electron chi connectivity index (χ0n) is 7.45. The molecule has 0 aromatic rings. The number of carboxylic acid groups (broad SMARTS) is 1. The molecule has 0 aromatic heterocycles. The Kier molecular flexibility index (Phi) is 1.62. The molecule has 2 atom stereocenters. The van der Waals surface area contributed by atoms with Gasteiger partial charge in [-0.2, -0.15) is 0 Å². The molecule has 0 heterocycles. The molecule has 0 aliphatic heterocycles. The summed E-state index contributed by atoms with van der Waals surface area (Å²) in [5, 5.41) is 8.81. The molecule has 2 fully saturated rings. The monoisotopic (exact) mass is 184 g/mol. The lowest BCUT2D eigenvalue weighted by atomic mass is 10.3. The van der Waals surface area contributed by atoms with Gasteiger partial charge in [0.2, 0.25) is 0 Å². The van der Waals surface area contributed by atoms with Crippen LogP contribution in [0.25, 0.3) is 0 Å². The van der Waals surface area contributed by atoms with Gasteiger partial charge in [0.15, 0.2) is 0 Å². The second-order valence-corrected chi connectivity index (χ2v) is 3.78. The van der Waals surface area contributed by atoms with E-state index in [2.05, 4.69) is 0 Å². The molecule has 0 radical (unpaired) electrons. The van der Waals surface area contributed by atoms with E-state index in [1.807, 2.05) is 0 Å². The molecule has 2 unspecified atom stereocenters. The number of rotatable bonds is 3. The van der Waals surface area contributed by atoms with E-state index in [0.717, 1.165) is 12.8 Å². The third-order valence-corrected chi connectivity index (χ3v) is 3.10. The van der Waals surface area contributed by atoms with E-state index >= 15 is 0 Å². The lowest BCUT2D eigenvalue weighted by molar-refractivity contribution is -0.148. The Bertz CT molecular complexity index is 267. The van der Waals surface area contributed by atoms with Crippen LogP contribution in [0.15, 0.2) is 0 Å². The summed E-state index contributed by atoms with van der Waals surface area (Å²) in [6.07, 6.45) is 1.74. The smallest absolute Gasteiger partial charge is 0.310 e. The maximum atomic E-state index is 11.3. The molecular formula is C9H12O4. The fraction of sp³-hybridized carbons (Fsp3) is 0.778. The molecule has 2 saturated carbocycles. The van der Waals surface area contributed by atoms with Crippen molar-refractivity contribution >= 4 is 11.9 Å². The molecular weight excluding hydrogens is 172 g/mol. The highest BCUT2D eigenvalue weighted by Gasteiger charge is 2.78. The van der Waals surface area contributed by atoms with Crippen LogP contribution in [0.5, 0.6) is 0 Å². The van der Waals surface area contributed by atoms with Crippen molar-refractivity contribution in [1.82, 2.24) is 0 Å². The van der Waals surface area contributed by atoms with Gasteiger partial charge < -0.3 is 9.84 Å². The Balaban J connectivity index is 2.03. The number of carbonyl (C=O) groups is 2. The van der Waals surface area contributed by atoms with Crippen molar-refractivity contribution < 1.29 is 19.4 Å². The van der Waals surface area contributed by atoms with Crippen molar-refractivity contribution in [2.75, 3.05) is 6.61 Å². The van der Waals surface area contributed by atoms with Gasteiger partial charge in [0, 0.05) is 0 Å². The van der Waals surface area contributed by atoms with Crippen molar-refractivity contribution in [1.29, 1.82) is 0 Å². The van der Waals surface area contributed by atoms with Crippen LogP contribution in [0.3, 0.4) is 0 Å². The van der Waals surface area contributed by atoms with Crippen LogP contribution in [0.2, 0.25) is 0 Å². The highest BCUT2D eigenvalue weighted by molar-refractivity contribution is 5.90. The Morgan fingerprint density at radius 1 is 1.46 bits per heavy atom. The van der Waals surface area contributed by atoms with Crippen molar-refractivity contribution in [2.24, 2.45) is 17.3 Å². The number of aliphatic carboxylic acids is 1. The van der Waals surface area contributed by atoms with E-state index in [0.29, 0.717) is 6.61 Å². The van der Waals surface area contributed by atoms with Crippen molar-refractivity contribution in [3.63, 3.8) is 0 Å². The average Bonchev–Trinajstić information content (AvgIpc) is 2.91. The van der Waals surface area contributed by atoms with E-state index in [1.165, 1.54) is 0 Å². The minimum Gasteiger partial charge on any atom is -0.481 e. The first-order valence-corrected chi connectivity index (χ1v) is 4.53. The number of esters is 1. The summed E-state index contributed by atoms with van der Waals surface area (Å²) < 4.78 is 4.82. The molecule has 0 aromatic carbocycles. The lowest BCUT2D eigenvalue weighted by Crippen LogP contribution is -2.11. The minimum atomic E-state index is -0.851. The van der Waals surface area contributed by atoms with Crippen LogP contribution < -0.4 is 0 Å². The lowest BCUT2D eigenvalue weighted by Gasteiger charge is -1.98. The number of hydrogen-bond donors (Lipinski definition) is 1. The Labute approximate surface area is 75.9 Å². The molecule has 0 saturated heterocycles. The largest absolute Gasteiger partial charge is 0.481 e. The summed E-state index contributed by atoms with van der Waals surface area (Å²) in [5.41, 5.74) is -0.196. The Morgan fingerprint density at radius 2 is 2.08 bits per heavy atom. The fourth-order valence-electron chi connectivity index (χ4n) is 2.25. The van der Waals surface area contributed by atoms with Gasteiger partial charge in [-0.05, 0) is 25.2 Å². The third kappa shape index (κ3) is 1.04. The van der Waals surface area contributed by atoms with Crippen molar-refractivity contribution in [3.8, 4) is 0 Å². The molecule has 13 heavy (non-hydrogen) atoms. The summed E-state index contributed by atoms with van der Waals surface area (Å²) in [6.45, 7) is 2.06. The SMILES string of the molecule is CCOC(=O)C1C(C(=O)O)C12CC2. The molecule has 2 aliphatic rings. The molecule has 4 nitrogen and oxygen atoms in total. The van der Waals surface area contributed by atoms with Gasteiger partial charge in [-0.25, -0.2) is 0 Å². The zero-order valence-corrected chi connectivity index (χ0v) is 7.45. The first kappa shape index (κ1) is 8.53. The highest BCUT2D eigenvalue weighted by atomic mass is 16.5. The molecule has 0 bridgehead atoms. The van der Waals surface area contributed by atoms with E-state index in [4.69, 9.17) is 9.84 Å². The number of ether oxygens (including phenoxy) is 1. The minimum absolute atomic E-state index is 0.196. The van der Waals surface area contributed by atoms with Crippen molar-refractivity contribution in [3.05, 3.63) is 0 Å². The predicted octanol–water partition coefficient (Wildman–Crippen LogP) is 0.660. The quantitative estimate of drug-likeness (QED) is 0.654. The maximum absolute atomic E-state index is 11.3. The van der Waals surface area contributed by atoms with E-state index < -0.39 is 11.9 Å². The maximum Gasteiger partial charge on any atom is 0.310 e. The Hall–Kier alpha value is -1.06. The second-order valence-electron chi connectivity index (χ2n) is 3.78. The van der Waals surface area contributed by atoms with Crippen LogP contribution in [0, 0.1) is 17.3 Å². The van der Waals surface area contributed by atoms with E-state index in [1.54, 1.807) is 6.92 Å². The second kappa shape index (κ2) is 2.47. The molecule has 2 rings (SSSR count). The van der Waals surface area contributed by atoms with E-state index in [9.17, 15) is 9.59 Å². The van der Waals surface area contributed by atoms with Gasteiger partial charge in [0.25, 0.3) is 0 Å². The fourth-order valence-corrected chi connectivity index (χ4v) is 2.25. The van der Waals surface area contributed by atoms with Gasteiger partial charge in [0.1, 0.15) is 0 Å². The van der Waals surface area contributed by atoms with Crippen LogP contribution in [0.1, 0.15) is 19.8 Å². The average molecular weight is 184 g/mol. The Morgan fingerprint density at radius 3 is 2.38 bits per heavy atom. The van der Waals surface area contributed by atoms with Gasteiger partial charge in [0.05, 0.1) is 18.4 Å². The molecule has 1 N–H and O–H groups in total. The summed E-state index contributed by atoms with van der Waals surface area (Å²) in [4.78, 5) is 22.0. The summed E-state index contributed by atoms with van der Waals surface area (Å²) >= 11 is 0. The normalized spacial score (nSPS) is 32.7. The number of carboxylic acids is 1. The van der Waals surface area contributed by atoms with Crippen LogP contribution in [-0.2, 0) is 14.3 Å². The molecule has 0 amide bonds. The van der Waals surface area contributed by atoms with Gasteiger partial charge >= 0.3 is 11.9 Å². The topological polar surface area (TPSA) is 63.6 Å².